The molecule has 0 fully saturated rings. The molecule has 4 nitrogen and oxygen atoms in total. The molecule has 0 aliphatic heterocycles. The largest absolute Gasteiger partial charge is 0.452 e. The average Bonchev–Trinajstić information content (AvgIpc) is 2.37. The molecular formula is C15H20FNO3. The van der Waals surface area contributed by atoms with Crippen LogP contribution in [0.25, 0.3) is 0 Å². The zero-order valence-corrected chi connectivity index (χ0v) is 12.2. The average molecular weight is 281 g/mol. The number of rotatable bonds is 5. The van der Waals surface area contributed by atoms with Gasteiger partial charge in [0.2, 0.25) is 0 Å². The first-order chi connectivity index (χ1) is 9.31. The van der Waals surface area contributed by atoms with Gasteiger partial charge in [0.1, 0.15) is 5.82 Å². The summed E-state index contributed by atoms with van der Waals surface area (Å²) in [5, 5.41) is 0. The predicted molar refractivity (Wildman–Crippen MR) is 73.5 cm³/mol. The van der Waals surface area contributed by atoms with Crippen molar-refractivity contribution in [3.8, 4) is 0 Å². The van der Waals surface area contributed by atoms with E-state index in [4.69, 9.17) is 4.74 Å². The third-order valence-corrected chi connectivity index (χ3v) is 2.91. The number of hydrogen-bond donors (Lipinski definition) is 0. The Morgan fingerprint density at radius 2 is 1.95 bits per heavy atom. The Balaban J connectivity index is 2.57. The molecule has 0 spiro atoms. The number of amides is 1. The molecule has 0 aliphatic rings. The highest BCUT2D eigenvalue weighted by Gasteiger charge is 2.23. The second-order valence-corrected chi connectivity index (χ2v) is 5.05. The van der Waals surface area contributed by atoms with Gasteiger partial charge in [0.05, 0.1) is 5.92 Å². The summed E-state index contributed by atoms with van der Waals surface area (Å²) in [6.07, 6.45) is -0.438. The first-order valence-electron chi connectivity index (χ1n) is 6.47. The smallest absolute Gasteiger partial charge is 0.309 e. The van der Waals surface area contributed by atoms with Crippen LogP contribution < -0.4 is 0 Å². The number of esters is 1. The number of nitrogens with zero attached hydrogens (tertiary/aromatic N) is 1. The molecule has 20 heavy (non-hydrogen) atoms. The van der Waals surface area contributed by atoms with Gasteiger partial charge < -0.3 is 9.64 Å². The molecule has 110 valence electrons. The Morgan fingerprint density at radius 3 is 2.50 bits per heavy atom. The van der Waals surface area contributed by atoms with Crippen molar-refractivity contribution < 1.29 is 18.7 Å². The van der Waals surface area contributed by atoms with Crippen molar-refractivity contribution in [2.24, 2.45) is 5.92 Å². The van der Waals surface area contributed by atoms with Crippen LogP contribution in [-0.4, -0.2) is 37.0 Å². The molecule has 1 aromatic carbocycles. The van der Waals surface area contributed by atoms with Crippen LogP contribution in [0.5, 0.6) is 0 Å². The second-order valence-electron chi connectivity index (χ2n) is 5.05. The first-order valence-corrected chi connectivity index (χ1v) is 6.47. The van der Waals surface area contributed by atoms with Crippen molar-refractivity contribution in [2.45, 2.75) is 26.4 Å². The van der Waals surface area contributed by atoms with Crippen molar-refractivity contribution >= 4 is 11.9 Å². The molecular weight excluding hydrogens is 261 g/mol. The quantitative estimate of drug-likeness (QED) is 0.776. The number of hydrogen-bond acceptors (Lipinski definition) is 3. The minimum atomic E-state index is -0.813. The summed E-state index contributed by atoms with van der Waals surface area (Å²) in [5.74, 6) is -1.50. The van der Waals surface area contributed by atoms with Crippen LogP contribution >= 0.6 is 0 Å². The minimum absolute atomic E-state index is 0.267. The van der Waals surface area contributed by atoms with Crippen LogP contribution in [0.2, 0.25) is 0 Å². The van der Waals surface area contributed by atoms with Gasteiger partial charge in [-0.15, -0.1) is 0 Å². The zero-order valence-electron chi connectivity index (χ0n) is 12.2. The summed E-state index contributed by atoms with van der Waals surface area (Å²) in [5.41, 5.74) is 0.723. The van der Waals surface area contributed by atoms with Crippen LogP contribution in [0.1, 0.15) is 19.4 Å². The monoisotopic (exact) mass is 281 g/mol. The molecule has 1 rings (SSSR count). The normalized spacial score (nSPS) is 13.4. The molecule has 5 heteroatoms. The highest BCUT2D eigenvalue weighted by Crippen LogP contribution is 2.12. The van der Waals surface area contributed by atoms with Gasteiger partial charge in [0.25, 0.3) is 5.91 Å². The van der Waals surface area contributed by atoms with Crippen LogP contribution in [0, 0.1) is 11.7 Å². The molecule has 0 heterocycles. The van der Waals surface area contributed by atoms with E-state index in [-0.39, 0.29) is 11.7 Å². The number of ether oxygens (including phenoxy) is 1. The van der Waals surface area contributed by atoms with E-state index in [1.165, 1.54) is 24.0 Å². The number of halogens is 1. The highest BCUT2D eigenvalue weighted by atomic mass is 19.1. The predicted octanol–water partition coefficient (Wildman–Crippen LogP) is 2.02. The Kier molecular flexibility index (Phi) is 5.67. The highest BCUT2D eigenvalue weighted by molar-refractivity contribution is 5.83. The lowest BCUT2D eigenvalue weighted by Gasteiger charge is -2.19. The lowest BCUT2D eigenvalue weighted by atomic mass is 10.0. The maximum absolute atomic E-state index is 13.1. The third kappa shape index (κ3) is 4.64. The zero-order chi connectivity index (χ0) is 15.3. The minimum Gasteiger partial charge on any atom is -0.452 e. The summed E-state index contributed by atoms with van der Waals surface area (Å²) < 4.78 is 18.2. The van der Waals surface area contributed by atoms with Gasteiger partial charge in [0.15, 0.2) is 6.10 Å². The number of benzene rings is 1. The molecule has 2 unspecified atom stereocenters. The molecule has 0 saturated heterocycles. The van der Waals surface area contributed by atoms with Gasteiger partial charge >= 0.3 is 5.97 Å². The van der Waals surface area contributed by atoms with E-state index in [1.807, 2.05) is 0 Å². The molecule has 1 aromatic rings. The maximum Gasteiger partial charge on any atom is 0.309 e. The summed E-state index contributed by atoms with van der Waals surface area (Å²) in [6.45, 7) is 3.23. The Morgan fingerprint density at radius 1 is 1.30 bits per heavy atom. The molecule has 0 bridgehead atoms. The molecule has 1 amide bonds. The van der Waals surface area contributed by atoms with E-state index in [2.05, 4.69) is 0 Å². The molecule has 0 aromatic heterocycles. The fraction of sp³-hybridized carbons (Fsp3) is 0.467. The van der Waals surface area contributed by atoms with E-state index >= 15 is 0 Å². The Labute approximate surface area is 118 Å². The summed E-state index contributed by atoms with van der Waals surface area (Å²) in [7, 11) is 3.20. The van der Waals surface area contributed by atoms with Gasteiger partial charge in [-0.3, -0.25) is 9.59 Å². The van der Waals surface area contributed by atoms with Gasteiger partial charge in [0, 0.05) is 14.1 Å². The summed E-state index contributed by atoms with van der Waals surface area (Å²) in [4.78, 5) is 24.9. The number of carbonyl (C=O) groups excluding carboxylic acids is 2. The standard InChI is InChI=1S/C15H20FNO3/c1-10(8-12-6-5-7-13(16)9-12)15(19)20-11(2)14(18)17(3)4/h5-7,9-11H,8H2,1-4H3. The third-order valence-electron chi connectivity index (χ3n) is 2.91. The van der Waals surface area contributed by atoms with Crippen LogP contribution in [0.3, 0.4) is 0 Å². The van der Waals surface area contributed by atoms with Gasteiger partial charge in [-0.2, -0.15) is 0 Å². The first kappa shape index (κ1) is 16.1. The Hall–Kier alpha value is -1.91. The number of carbonyl (C=O) groups is 2. The van der Waals surface area contributed by atoms with E-state index in [0.29, 0.717) is 6.42 Å². The fourth-order valence-electron chi connectivity index (χ4n) is 1.81. The molecule has 0 N–H and O–H groups in total. The summed E-state index contributed by atoms with van der Waals surface area (Å²) >= 11 is 0. The Bertz CT molecular complexity index is 488. The van der Waals surface area contributed by atoms with Crippen LogP contribution in [0.15, 0.2) is 24.3 Å². The van der Waals surface area contributed by atoms with Crippen LogP contribution in [0.4, 0.5) is 4.39 Å². The fourth-order valence-corrected chi connectivity index (χ4v) is 1.81. The van der Waals surface area contributed by atoms with Crippen molar-refractivity contribution in [1.82, 2.24) is 4.90 Å². The summed E-state index contributed by atoms with van der Waals surface area (Å²) in [6, 6.07) is 6.09. The number of likely N-dealkylation sites (N-methyl/N-ethyl adjacent to an activating group) is 1. The SMILES string of the molecule is CC(Cc1cccc(F)c1)C(=O)OC(C)C(=O)N(C)C. The molecule has 0 saturated carbocycles. The van der Waals surface area contributed by atoms with Crippen molar-refractivity contribution in [1.29, 1.82) is 0 Å². The van der Waals surface area contributed by atoms with Crippen molar-refractivity contribution in [3.05, 3.63) is 35.6 Å². The van der Waals surface area contributed by atoms with E-state index in [9.17, 15) is 14.0 Å². The van der Waals surface area contributed by atoms with Crippen LogP contribution in [-0.2, 0) is 20.7 Å². The molecule has 0 radical (unpaired) electrons. The van der Waals surface area contributed by atoms with Gasteiger partial charge in [-0.25, -0.2) is 4.39 Å². The topological polar surface area (TPSA) is 46.6 Å². The van der Waals surface area contributed by atoms with Gasteiger partial charge in [-0.05, 0) is 31.0 Å². The lowest BCUT2D eigenvalue weighted by molar-refractivity contribution is -0.161. The molecule has 2 atom stereocenters. The molecule has 0 aliphatic carbocycles. The lowest BCUT2D eigenvalue weighted by Crippen LogP contribution is -2.36. The van der Waals surface area contributed by atoms with Crippen molar-refractivity contribution in [3.63, 3.8) is 0 Å². The maximum atomic E-state index is 13.1. The van der Waals surface area contributed by atoms with E-state index < -0.39 is 18.0 Å². The van der Waals surface area contributed by atoms with E-state index in [0.717, 1.165) is 5.56 Å². The van der Waals surface area contributed by atoms with Gasteiger partial charge in [-0.1, -0.05) is 19.1 Å². The van der Waals surface area contributed by atoms with E-state index in [1.54, 1.807) is 33.2 Å². The second kappa shape index (κ2) is 7.03. The van der Waals surface area contributed by atoms with Crippen molar-refractivity contribution in [2.75, 3.05) is 14.1 Å².